The fourth-order valence-electron chi connectivity index (χ4n) is 2.63. The fraction of sp³-hybridized carbons (Fsp3) is 0.300. The maximum Gasteiger partial charge on any atom is 0.279 e. The molecule has 0 heterocycles. The molecule has 2 aromatic carbocycles. The Labute approximate surface area is 159 Å². The van der Waals surface area contributed by atoms with E-state index in [2.05, 4.69) is 10.6 Å². The fourth-order valence-corrected chi connectivity index (χ4v) is 2.63. The highest BCUT2D eigenvalue weighted by molar-refractivity contribution is 5.94. The van der Waals surface area contributed by atoms with Gasteiger partial charge in [-0.1, -0.05) is 12.1 Å². The maximum atomic E-state index is 12.3. The lowest BCUT2D eigenvalue weighted by molar-refractivity contribution is -0.862. The number of ether oxygens (including phenoxy) is 2. The van der Waals surface area contributed by atoms with Gasteiger partial charge in [0.1, 0.15) is 11.5 Å². The normalized spacial score (nSPS) is 11.4. The van der Waals surface area contributed by atoms with Gasteiger partial charge in [0.15, 0.2) is 13.1 Å². The number of nitrogens with one attached hydrogen (secondary N) is 3. The third-order valence-corrected chi connectivity index (χ3v) is 3.91. The minimum atomic E-state index is -0.189. The molecule has 1 unspecified atom stereocenters. The van der Waals surface area contributed by atoms with Crippen molar-refractivity contribution in [3.05, 3.63) is 48.0 Å². The zero-order valence-corrected chi connectivity index (χ0v) is 16.1. The van der Waals surface area contributed by atoms with Gasteiger partial charge in [0.25, 0.3) is 11.8 Å². The molecular formula is C20H26N3O4+. The van der Waals surface area contributed by atoms with Gasteiger partial charge in [-0.2, -0.15) is 0 Å². The molecule has 2 aromatic rings. The Balaban J connectivity index is 1.87. The second-order valence-electron chi connectivity index (χ2n) is 6.34. The molecule has 0 saturated heterocycles. The summed E-state index contributed by atoms with van der Waals surface area (Å²) in [7, 11) is 4.92. The van der Waals surface area contributed by atoms with Crippen LogP contribution < -0.4 is 25.0 Å². The van der Waals surface area contributed by atoms with E-state index in [9.17, 15) is 9.59 Å². The third kappa shape index (κ3) is 6.31. The molecule has 0 radical (unpaired) electrons. The lowest BCUT2D eigenvalue weighted by Crippen LogP contribution is -3.11. The molecule has 0 saturated carbocycles. The van der Waals surface area contributed by atoms with Gasteiger partial charge in [-0.05, 0) is 36.8 Å². The largest absolute Gasteiger partial charge is 0.497 e. The number of amides is 2. The van der Waals surface area contributed by atoms with Crippen LogP contribution in [0.15, 0.2) is 42.5 Å². The number of quaternary nitrogens is 1. The summed E-state index contributed by atoms with van der Waals surface area (Å²) >= 11 is 0. The van der Waals surface area contributed by atoms with E-state index in [1.165, 1.54) is 0 Å². The highest BCUT2D eigenvalue weighted by Crippen LogP contribution is 2.24. The van der Waals surface area contributed by atoms with E-state index in [-0.39, 0.29) is 24.9 Å². The molecule has 27 heavy (non-hydrogen) atoms. The molecule has 0 aliphatic heterocycles. The number of hydrogen-bond acceptors (Lipinski definition) is 4. The van der Waals surface area contributed by atoms with Crippen LogP contribution >= 0.6 is 0 Å². The van der Waals surface area contributed by atoms with Crippen molar-refractivity contribution in [3.8, 4) is 11.5 Å². The van der Waals surface area contributed by atoms with E-state index in [4.69, 9.17) is 9.47 Å². The summed E-state index contributed by atoms with van der Waals surface area (Å²) in [5.74, 6) is 0.898. The molecule has 0 aliphatic carbocycles. The number of methoxy groups -OCH3 is 2. The van der Waals surface area contributed by atoms with Gasteiger partial charge in [0, 0.05) is 11.8 Å². The Bertz CT molecular complexity index is 808. The van der Waals surface area contributed by atoms with Crippen molar-refractivity contribution < 1.29 is 24.0 Å². The van der Waals surface area contributed by atoms with E-state index in [1.807, 2.05) is 25.1 Å². The Morgan fingerprint density at radius 1 is 0.963 bits per heavy atom. The topological polar surface area (TPSA) is 81.1 Å². The highest BCUT2D eigenvalue weighted by Gasteiger charge is 2.16. The SMILES string of the molecule is COc1cccc(NC(=O)C[NH+](C)CC(=O)Nc2cc(C)ccc2OC)c1. The van der Waals surface area contributed by atoms with Crippen molar-refractivity contribution >= 4 is 23.2 Å². The third-order valence-electron chi connectivity index (χ3n) is 3.91. The van der Waals surface area contributed by atoms with Crippen molar-refractivity contribution in [2.45, 2.75) is 6.92 Å². The van der Waals surface area contributed by atoms with E-state index in [1.54, 1.807) is 45.5 Å². The first-order valence-corrected chi connectivity index (χ1v) is 8.61. The molecule has 0 spiro atoms. The molecule has 7 nitrogen and oxygen atoms in total. The zero-order valence-electron chi connectivity index (χ0n) is 16.1. The van der Waals surface area contributed by atoms with Gasteiger partial charge in [-0.25, -0.2) is 0 Å². The van der Waals surface area contributed by atoms with Gasteiger partial charge >= 0.3 is 0 Å². The molecule has 0 aliphatic rings. The average Bonchev–Trinajstić information content (AvgIpc) is 2.61. The lowest BCUT2D eigenvalue weighted by Gasteiger charge is -2.15. The Hall–Kier alpha value is -3.06. The molecule has 2 amide bonds. The van der Waals surface area contributed by atoms with Crippen LogP contribution in [0.2, 0.25) is 0 Å². The van der Waals surface area contributed by atoms with E-state index in [0.29, 0.717) is 22.9 Å². The second-order valence-corrected chi connectivity index (χ2v) is 6.34. The first-order valence-electron chi connectivity index (χ1n) is 8.61. The van der Waals surface area contributed by atoms with Crippen molar-refractivity contribution in [1.29, 1.82) is 0 Å². The van der Waals surface area contributed by atoms with Crippen LogP contribution in [0.5, 0.6) is 11.5 Å². The molecule has 144 valence electrons. The minimum Gasteiger partial charge on any atom is -0.497 e. The summed E-state index contributed by atoms with van der Waals surface area (Å²) < 4.78 is 10.4. The van der Waals surface area contributed by atoms with E-state index in [0.717, 1.165) is 10.5 Å². The lowest BCUT2D eigenvalue weighted by atomic mass is 10.2. The summed E-state index contributed by atoms with van der Waals surface area (Å²) in [5, 5.41) is 5.64. The van der Waals surface area contributed by atoms with E-state index >= 15 is 0 Å². The number of carbonyl (C=O) groups excluding carboxylic acids is 2. The van der Waals surface area contributed by atoms with E-state index < -0.39 is 0 Å². The number of aryl methyl sites for hydroxylation is 1. The number of benzene rings is 2. The molecule has 0 bridgehead atoms. The van der Waals surface area contributed by atoms with Gasteiger partial charge in [-0.15, -0.1) is 0 Å². The van der Waals surface area contributed by atoms with Crippen LogP contribution in [0.1, 0.15) is 5.56 Å². The Kier molecular flexibility index (Phi) is 7.19. The number of hydrogen-bond donors (Lipinski definition) is 3. The molecule has 0 fully saturated rings. The minimum absolute atomic E-state index is 0.155. The van der Waals surface area contributed by atoms with Crippen LogP contribution in [0.3, 0.4) is 0 Å². The summed E-state index contributed by atoms with van der Waals surface area (Å²) in [6.45, 7) is 2.26. The van der Waals surface area contributed by atoms with Crippen molar-refractivity contribution in [2.75, 3.05) is 45.0 Å². The van der Waals surface area contributed by atoms with Gasteiger partial charge in [0.05, 0.1) is 27.0 Å². The van der Waals surface area contributed by atoms with Gasteiger partial charge in [0.2, 0.25) is 0 Å². The van der Waals surface area contributed by atoms with Crippen LogP contribution in [0, 0.1) is 6.92 Å². The van der Waals surface area contributed by atoms with Crippen molar-refractivity contribution in [1.82, 2.24) is 0 Å². The van der Waals surface area contributed by atoms with Crippen LogP contribution in [0.25, 0.3) is 0 Å². The predicted octanol–water partition coefficient (Wildman–Crippen LogP) is 1.10. The standard InChI is InChI=1S/C20H25N3O4/c1-14-8-9-18(27-4)17(10-14)22-20(25)13-23(2)12-19(24)21-15-6-5-7-16(11-15)26-3/h5-11H,12-13H2,1-4H3,(H,21,24)(H,22,25)/p+1. The second kappa shape index (κ2) is 9.59. The number of anilines is 2. The summed E-state index contributed by atoms with van der Waals surface area (Å²) in [6, 6.07) is 12.7. The summed E-state index contributed by atoms with van der Waals surface area (Å²) in [4.78, 5) is 25.2. The highest BCUT2D eigenvalue weighted by atomic mass is 16.5. The van der Waals surface area contributed by atoms with Crippen LogP contribution in [0.4, 0.5) is 11.4 Å². The summed E-state index contributed by atoms with van der Waals surface area (Å²) in [6.07, 6.45) is 0. The Morgan fingerprint density at radius 2 is 1.67 bits per heavy atom. The molecule has 7 heteroatoms. The van der Waals surface area contributed by atoms with Gasteiger partial charge in [-0.3, -0.25) is 9.59 Å². The predicted molar refractivity (Wildman–Crippen MR) is 105 cm³/mol. The monoisotopic (exact) mass is 372 g/mol. The zero-order chi connectivity index (χ0) is 19.8. The Morgan fingerprint density at radius 3 is 2.33 bits per heavy atom. The van der Waals surface area contributed by atoms with Crippen LogP contribution in [-0.4, -0.2) is 46.2 Å². The molecule has 3 N–H and O–H groups in total. The van der Waals surface area contributed by atoms with Crippen molar-refractivity contribution in [2.24, 2.45) is 0 Å². The van der Waals surface area contributed by atoms with Crippen LogP contribution in [-0.2, 0) is 9.59 Å². The average molecular weight is 372 g/mol. The molecule has 2 rings (SSSR count). The first kappa shape index (κ1) is 20.3. The van der Waals surface area contributed by atoms with Crippen molar-refractivity contribution in [3.63, 3.8) is 0 Å². The molecule has 0 aromatic heterocycles. The summed E-state index contributed by atoms with van der Waals surface area (Å²) in [5.41, 5.74) is 2.29. The number of likely N-dealkylation sites (N-methyl/N-ethyl adjacent to an activating group) is 1. The molecular weight excluding hydrogens is 346 g/mol. The smallest absolute Gasteiger partial charge is 0.279 e. The maximum absolute atomic E-state index is 12.3. The number of carbonyl (C=O) groups is 2. The quantitative estimate of drug-likeness (QED) is 0.648. The number of rotatable bonds is 8. The first-order chi connectivity index (χ1) is 12.9. The van der Waals surface area contributed by atoms with Gasteiger partial charge < -0.3 is 25.0 Å². The molecule has 1 atom stereocenters.